The molecular weight excluding hydrogens is 272 g/mol. The zero-order valence-electron chi connectivity index (χ0n) is 14.3. The molecule has 0 aromatic rings. The van der Waals surface area contributed by atoms with E-state index in [1.807, 2.05) is 6.08 Å². The summed E-state index contributed by atoms with van der Waals surface area (Å²) in [4.78, 5) is 11.8. The maximum atomic E-state index is 11.8. The Hall–Kier alpha value is -0.630. The second kappa shape index (κ2) is 4.47. The predicted octanol–water partition coefficient (Wildman–Crippen LogP) is 4.27. The lowest BCUT2D eigenvalue weighted by molar-refractivity contribution is -0.124. The topological polar surface area (TPSA) is 37.3 Å². The van der Waals surface area contributed by atoms with E-state index < -0.39 is 5.60 Å². The zero-order valence-corrected chi connectivity index (χ0v) is 14.3. The van der Waals surface area contributed by atoms with Gasteiger partial charge in [0, 0.05) is 6.42 Å². The smallest absolute Gasteiger partial charge is 0.155 e. The van der Waals surface area contributed by atoms with Crippen LogP contribution in [0, 0.1) is 28.6 Å². The Morgan fingerprint density at radius 1 is 1.00 bits per heavy atom. The van der Waals surface area contributed by atoms with Crippen LogP contribution in [-0.2, 0) is 4.79 Å². The van der Waals surface area contributed by atoms with Crippen LogP contribution in [-0.4, -0.2) is 16.5 Å². The molecule has 0 aliphatic heterocycles. The molecule has 3 saturated carbocycles. The van der Waals surface area contributed by atoms with Crippen LogP contribution in [0.25, 0.3) is 0 Å². The average molecular weight is 302 g/mol. The molecule has 0 spiro atoms. The van der Waals surface area contributed by atoms with Gasteiger partial charge in [0.05, 0.1) is 5.60 Å². The van der Waals surface area contributed by atoms with Gasteiger partial charge < -0.3 is 5.11 Å². The second-order valence-corrected chi connectivity index (χ2v) is 9.24. The normalized spacial score (nSPS) is 54.3. The van der Waals surface area contributed by atoms with E-state index in [2.05, 4.69) is 20.8 Å². The summed E-state index contributed by atoms with van der Waals surface area (Å²) in [6.07, 6.45) is 10.7. The van der Waals surface area contributed by atoms with Crippen LogP contribution in [0.4, 0.5) is 0 Å². The largest absolute Gasteiger partial charge is 0.390 e. The molecule has 1 N–H and O–H groups in total. The summed E-state index contributed by atoms with van der Waals surface area (Å²) >= 11 is 0. The molecule has 0 unspecified atom stereocenters. The highest BCUT2D eigenvalue weighted by Crippen LogP contribution is 2.67. The molecule has 6 atom stereocenters. The molecule has 0 radical (unpaired) electrons. The number of allylic oxidation sites excluding steroid dienone is 1. The van der Waals surface area contributed by atoms with E-state index in [1.165, 1.54) is 24.8 Å². The fourth-order valence-electron chi connectivity index (χ4n) is 6.80. The van der Waals surface area contributed by atoms with Gasteiger partial charge >= 0.3 is 0 Å². The zero-order chi connectivity index (χ0) is 15.8. The fraction of sp³-hybridized carbons (Fsp3) is 0.850. The Balaban J connectivity index is 1.70. The van der Waals surface area contributed by atoms with Crippen LogP contribution in [0.3, 0.4) is 0 Å². The SMILES string of the molecule is C[C@]12CCC(=O)C=C1CC[C@H]1[C@H]2CC[C@]2(C)[C@@H]1CC[C@]2(C)O. The van der Waals surface area contributed by atoms with Gasteiger partial charge in [-0.25, -0.2) is 0 Å². The van der Waals surface area contributed by atoms with Crippen molar-refractivity contribution in [2.45, 2.75) is 77.7 Å². The fourth-order valence-corrected chi connectivity index (χ4v) is 6.80. The summed E-state index contributed by atoms with van der Waals surface area (Å²) in [6, 6.07) is 0. The van der Waals surface area contributed by atoms with Gasteiger partial charge in [-0.15, -0.1) is 0 Å². The lowest BCUT2D eigenvalue weighted by atomic mass is 9.46. The van der Waals surface area contributed by atoms with Crippen molar-refractivity contribution < 1.29 is 9.90 Å². The van der Waals surface area contributed by atoms with Gasteiger partial charge in [-0.3, -0.25) is 4.79 Å². The minimum Gasteiger partial charge on any atom is -0.390 e. The van der Waals surface area contributed by atoms with E-state index in [9.17, 15) is 9.90 Å². The van der Waals surface area contributed by atoms with E-state index in [1.54, 1.807) is 0 Å². The maximum Gasteiger partial charge on any atom is 0.155 e. The highest BCUT2D eigenvalue weighted by Gasteiger charge is 2.62. The summed E-state index contributed by atoms with van der Waals surface area (Å²) in [5, 5.41) is 10.9. The first-order chi connectivity index (χ1) is 10.3. The highest BCUT2D eigenvalue weighted by atomic mass is 16.3. The molecule has 0 bridgehead atoms. The Bertz CT molecular complexity index is 546. The lowest BCUT2D eigenvalue weighted by Gasteiger charge is -2.58. The molecule has 0 aromatic carbocycles. The molecule has 3 fully saturated rings. The molecule has 0 saturated heterocycles. The number of rotatable bonds is 0. The van der Waals surface area contributed by atoms with Gasteiger partial charge in [-0.05, 0) is 86.5 Å². The third-order valence-corrected chi connectivity index (χ3v) is 8.52. The van der Waals surface area contributed by atoms with Gasteiger partial charge in [-0.1, -0.05) is 19.4 Å². The van der Waals surface area contributed by atoms with Crippen LogP contribution in [0.15, 0.2) is 11.6 Å². The summed E-state index contributed by atoms with van der Waals surface area (Å²) < 4.78 is 0. The molecule has 0 amide bonds. The predicted molar refractivity (Wildman–Crippen MR) is 87.3 cm³/mol. The van der Waals surface area contributed by atoms with Crippen LogP contribution >= 0.6 is 0 Å². The summed E-state index contributed by atoms with van der Waals surface area (Å²) in [6.45, 7) is 6.85. The summed E-state index contributed by atoms with van der Waals surface area (Å²) in [5.74, 6) is 2.50. The van der Waals surface area contributed by atoms with E-state index in [4.69, 9.17) is 0 Å². The Morgan fingerprint density at radius 2 is 1.73 bits per heavy atom. The van der Waals surface area contributed by atoms with Crippen molar-refractivity contribution in [2.24, 2.45) is 28.6 Å². The molecule has 0 aromatic heterocycles. The molecule has 122 valence electrons. The summed E-state index contributed by atoms with van der Waals surface area (Å²) in [5.41, 5.74) is 1.32. The minimum atomic E-state index is -0.484. The van der Waals surface area contributed by atoms with Crippen LogP contribution < -0.4 is 0 Å². The number of fused-ring (bicyclic) bond motifs is 5. The number of carbonyl (C=O) groups is 1. The standard InChI is InChI=1S/C20H30O2/c1-18-9-6-14(21)12-13(18)4-5-15-16(18)7-10-19(2)17(15)8-11-20(19,3)22/h12,15-17,22H,4-11H2,1-3H3/t15-,16+,17+,18-,19+,20-/m0/s1. The highest BCUT2D eigenvalue weighted by molar-refractivity contribution is 5.91. The number of hydrogen-bond donors (Lipinski definition) is 1. The van der Waals surface area contributed by atoms with E-state index in [0.29, 0.717) is 11.7 Å². The van der Waals surface area contributed by atoms with Gasteiger partial charge in [0.1, 0.15) is 0 Å². The van der Waals surface area contributed by atoms with Crippen molar-refractivity contribution in [3.05, 3.63) is 11.6 Å². The van der Waals surface area contributed by atoms with E-state index >= 15 is 0 Å². The first kappa shape index (κ1) is 14.9. The average Bonchev–Trinajstić information content (AvgIpc) is 2.70. The van der Waals surface area contributed by atoms with Crippen molar-refractivity contribution in [3.63, 3.8) is 0 Å². The Morgan fingerprint density at radius 3 is 2.50 bits per heavy atom. The maximum absolute atomic E-state index is 11.8. The van der Waals surface area contributed by atoms with E-state index in [-0.39, 0.29) is 10.8 Å². The molecular formula is C20H30O2. The molecule has 2 heteroatoms. The van der Waals surface area contributed by atoms with Gasteiger partial charge in [0.15, 0.2) is 5.78 Å². The van der Waals surface area contributed by atoms with Crippen LogP contribution in [0.5, 0.6) is 0 Å². The first-order valence-corrected chi connectivity index (χ1v) is 9.24. The van der Waals surface area contributed by atoms with E-state index in [0.717, 1.165) is 43.9 Å². The second-order valence-electron chi connectivity index (χ2n) is 9.24. The van der Waals surface area contributed by atoms with Gasteiger partial charge in [0.25, 0.3) is 0 Å². The first-order valence-electron chi connectivity index (χ1n) is 9.24. The van der Waals surface area contributed by atoms with Gasteiger partial charge in [-0.2, -0.15) is 0 Å². The molecule has 22 heavy (non-hydrogen) atoms. The van der Waals surface area contributed by atoms with Crippen LogP contribution in [0.1, 0.15) is 72.1 Å². The molecule has 0 heterocycles. The monoisotopic (exact) mass is 302 g/mol. The molecule has 2 nitrogen and oxygen atoms in total. The number of aliphatic hydroxyl groups is 1. The lowest BCUT2D eigenvalue weighted by Crippen LogP contribution is -2.53. The number of ketones is 1. The van der Waals surface area contributed by atoms with Gasteiger partial charge in [0.2, 0.25) is 0 Å². The third-order valence-electron chi connectivity index (χ3n) is 8.52. The number of carbonyl (C=O) groups excluding carboxylic acids is 1. The van der Waals surface area contributed by atoms with Crippen molar-refractivity contribution >= 4 is 5.78 Å². The molecule has 4 rings (SSSR count). The molecule has 4 aliphatic carbocycles. The van der Waals surface area contributed by atoms with Crippen molar-refractivity contribution in [1.29, 1.82) is 0 Å². The molecule has 4 aliphatic rings. The number of hydrogen-bond acceptors (Lipinski definition) is 2. The quantitative estimate of drug-likeness (QED) is 0.725. The van der Waals surface area contributed by atoms with Crippen molar-refractivity contribution in [1.82, 2.24) is 0 Å². The minimum absolute atomic E-state index is 0.107. The Labute approximate surface area is 134 Å². The summed E-state index contributed by atoms with van der Waals surface area (Å²) in [7, 11) is 0. The Kier molecular flexibility index (Phi) is 3.03. The van der Waals surface area contributed by atoms with Crippen molar-refractivity contribution in [3.8, 4) is 0 Å². The van der Waals surface area contributed by atoms with Crippen molar-refractivity contribution in [2.75, 3.05) is 0 Å². The van der Waals surface area contributed by atoms with Crippen LogP contribution in [0.2, 0.25) is 0 Å². The third kappa shape index (κ3) is 1.74.